The van der Waals surface area contributed by atoms with Gasteiger partial charge in [0, 0.05) is 20.5 Å². The smallest absolute Gasteiger partial charge is 0.0630 e. The first-order chi connectivity index (χ1) is 6.50. The standard InChI is InChI=1S/C10H12Br2ClN/c1-6(2)5-14-10-8(11)3-7(13)4-9(10)12/h3-4,6,14H,5H2,1-2H3. The fraction of sp³-hybridized carbons (Fsp3) is 0.400. The van der Waals surface area contributed by atoms with Crippen molar-refractivity contribution < 1.29 is 0 Å². The van der Waals surface area contributed by atoms with E-state index in [1.165, 1.54) is 0 Å². The van der Waals surface area contributed by atoms with Crippen molar-refractivity contribution >= 4 is 49.1 Å². The van der Waals surface area contributed by atoms with Crippen LogP contribution in [-0.4, -0.2) is 6.54 Å². The normalized spacial score (nSPS) is 10.7. The third-order valence-corrected chi connectivity index (χ3v) is 3.16. The molecular weight excluding hydrogens is 329 g/mol. The van der Waals surface area contributed by atoms with Gasteiger partial charge in [-0.15, -0.1) is 0 Å². The summed E-state index contributed by atoms with van der Waals surface area (Å²) in [7, 11) is 0. The van der Waals surface area contributed by atoms with Crippen LogP contribution in [0.15, 0.2) is 21.1 Å². The number of anilines is 1. The van der Waals surface area contributed by atoms with Gasteiger partial charge in [-0.25, -0.2) is 0 Å². The fourth-order valence-electron chi connectivity index (χ4n) is 1.02. The van der Waals surface area contributed by atoms with Gasteiger partial charge in [-0.05, 0) is 49.9 Å². The van der Waals surface area contributed by atoms with Crippen LogP contribution in [0.3, 0.4) is 0 Å². The largest absolute Gasteiger partial charge is 0.383 e. The zero-order valence-corrected chi connectivity index (χ0v) is 12.0. The first-order valence-electron chi connectivity index (χ1n) is 4.39. The summed E-state index contributed by atoms with van der Waals surface area (Å²) in [5.41, 5.74) is 1.06. The van der Waals surface area contributed by atoms with E-state index in [0.29, 0.717) is 5.92 Å². The number of hydrogen-bond acceptors (Lipinski definition) is 1. The molecule has 0 aliphatic rings. The molecule has 0 aliphatic heterocycles. The molecule has 0 unspecified atom stereocenters. The molecule has 1 aromatic rings. The first kappa shape index (κ1) is 12.3. The fourth-order valence-corrected chi connectivity index (χ4v) is 2.97. The van der Waals surface area contributed by atoms with Gasteiger partial charge in [0.15, 0.2) is 0 Å². The van der Waals surface area contributed by atoms with Gasteiger partial charge in [-0.1, -0.05) is 25.4 Å². The number of rotatable bonds is 3. The Morgan fingerprint density at radius 2 is 1.79 bits per heavy atom. The molecule has 0 saturated carbocycles. The van der Waals surface area contributed by atoms with E-state index < -0.39 is 0 Å². The van der Waals surface area contributed by atoms with Crippen LogP contribution in [-0.2, 0) is 0 Å². The SMILES string of the molecule is CC(C)CNc1c(Br)cc(Cl)cc1Br. The Labute approximate surface area is 106 Å². The van der Waals surface area contributed by atoms with Crippen molar-refractivity contribution in [2.45, 2.75) is 13.8 Å². The predicted octanol–water partition coefficient (Wildman–Crippen LogP) is 4.93. The van der Waals surface area contributed by atoms with E-state index in [4.69, 9.17) is 11.6 Å². The number of nitrogens with one attached hydrogen (secondary N) is 1. The van der Waals surface area contributed by atoms with Gasteiger partial charge in [-0.2, -0.15) is 0 Å². The minimum Gasteiger partial charge on any atom is -0.383 e. The second-order valence-electron chi connectivity index (χ2n) is 3.52. The van der Waals surface area contributed by atoms with Crippen LogP contribution < -0.4 is 5.32 Å². The topological polar surface area (TPSA) is 12.0 Å². The molecule has 0 heterocycles. The second-order valence-corrected chi connectivity index (χ2v) is 5.66. The molecule has 0 fully saturated rings. The van der Waals surface area contributed by atoms with Crippen LogP contribution in [0, 0.1) is 5.92 Å². The summed E-state index contributed by atoms with van der Waals surface area (Å²) >= 11 is 12.8. The minimum atomic E-state index is 0.615. The van der Waals surface area contributed by atoms with Crippen molar-refractivity contribution in [3.8, 4) is 0 Å². The van der Waals surface area contributed by atoms with Crippen LogP contribution in [0.1, 0.15) is 13.8 Å². The molecule has 14 heavy (non-hydrogen) atoms. The van der Waals surface area contributed by atoms with Crippen LogP contribution in [0.4, 0.5) is 5.69 Å². The van der Waals surface area contributed by atoms with E-state index in [-0.39, 0.29) is 0 Å². The minimum absolute atomic E-state index is 0.615. The summed E-state index contributed by atoms with van der Waals surface area (Å²) < 4.78 is 1.97. The molecule has 0 spiro atoms. The van der Waals surface area contributed by atoms with Crippen LogP contribution in [0.5, 0.6) is 0 Å². The molecule has 0 atom stereocenters. The lowest BCUT2D eigenvalue weighted by molar-refractivity contribution is 0.688. The molecule has 4 heteroatoms. The Kier molecular flexibility index (Phi) is 4.74. The maximum absolute atomic E-state index is 5.90. The van der Waals surface area contributed by atoms with Crippen molar-refractivity contribution in [2.75, 3.05) is 11.9 Å². The van der Waals surface area contributed by atoms with Gasteiger partial charge >= 0.3 is 0 Å². The Morgan fingerprint density at radius 1 is 1.29 bits per heavy atom. The van der Waals surface area contributed by atoms with Gasteiger partial charge in [0.1, 0.15) is 0 Å². The number of benzene rings is 1. The van der Waals surface area contributed by atoms with Crippen molar-refractivity contribution in [1.82, 2.24) is 0 Å². The molecule has 0 aliphatic carbocycles. The monoisotopic (exact) mass is 339 g/mol. The highest BCUT2D eigenvalue weighted by Gasteiger charge is 2.06. The van der Waals surface area contributed by atoms with Gasteiger partial charge in [0.2, 0.25) is 0 Å². The van der Waals surface area contributed by atoms with Gasteiger partial charge in [0.05, 0.1) is 5.69 Å². The maximum atomic E-state index is 5.90. The average molecular weight is 341 g/mol. The number of halogens is 3. The number of hydrogen-bond donors (Lipinski definition) is 1. The summed E-state index contributed by atoms with van der Waals surface area (Å²) in [6.45, 7) is 5.29. The highest BCUT2D eigenvalue weighted by molar-refractivity contribution is 9.11. The molecule has 1 rings (SSSR count). The van der Waals surface area contributed by atoms with Gasteiger partial charge in [0.25, 0.3) is 0 Å². The molecule has 0 radical (unpaired) electrons. The first-order valence-corrected chi connectivity index (χ1v) is 6.35. The summed E-state index contributed by atoms with van der Waals surface area (Å²) in [5.74, 6) is 0.615. The zero-order valence-electron chi connectivity index (χ0n) is 8.07. The van der Waals surface area contributed by atoms with Crippen molar-refractivity contribution in [2.24, 2.45) is 5.92 Å². The molecular formula is C10H12Br2ClN. The van der Waals surface area contributed by atoms with Crippen molar-refractivity contribution in [3.05, 3.63) is 26.1 Å². The van der Waals surface area contributed by atoms with Gasteiger partial charge in [-0.3, -0.25) is 0 Å². The highest BCUT2D eigenvalue weighted by Crippen LogP contribution is 2.34. The summed E-state index contributed by atoms with van der Waals surface area (Å²) in [4.78, 5) is 0. The molecule has 78 valence electrons. The third-order valence-electron chi connectivity index (χ3n) is 1.69. The van der Waals surface area contributed by atoms with Crippen LogP contribution >= 0.6 is 43.5 Å². The second kappa shape index (κ2) is 5.38. The third kappa shape index (κ3) is 3.44. The molecule has 0 aromatic heterocycles. The van der Waals surface area contributed by atoms with E-state index in [0.717, 1.165) is 26.2 Å². The van der Waals surface area contributed by atoms with E-state index in [9.17, 15) is 0 Å². The van der Waals surface area contributed by atoms with E-state index in [1.807, 2.05) is 12.1 Å². The lowest BCUT2D eigenvalue weighted by Crippen LogP contribution is -2.08. The predicted molar refractivity (Wildman–Crippen MR) is 70.2 cm³/mol. The van der Waals surface area contributed by atoms with E-state index >= 15 is 0 Å². The summed E-state index contributed by atoms with van der Waals surface area (Å²) in [6, 6.07) is 3.77. The van der Waals surface area contributed by atoms with Crippen molar-refractivity contribution in [1.29, 1.82) is 0 Å². The Morgan fingerprint density at radius 3 is 2.21 bits per heavy atom. The summed E-state index contributed by atoms with van der Waals surface area (Å²) in [5, 5.41) is 4.08. The molecule has 1 nitrogen and oxygen atoms in total. The van der Waals surface area contributed by atoms with Crippen LogP contribution in [0.25, 0.3) is 0 Å². The average Bonchev–Trinajstić information content (AvgIpc) is 2.01. The molecule has 0 bridgehead atoms. The lowest BCUT2D eigenvalue weighted by atomic mass is 10.2. The molecule has 1 N–H and O–H groups in total. The van der Waals surface area contributed by atoms with Crippen molar-refractivity contribution in [3.63, 3.8) is 0 Å². The molecule has 1 aromatic carbocycles. The quantitative estimate of drug-likeness (QED) is 0.822. The van der Waals surface area contributed by atoms with E-state index in [1.54, 1.807) is 0 Å². The summed E-state index contributed by atoms with van der Waals surface area (Å²) in [6.07, 6.45) is 0. The molecule has 0 saturated heterocycles. The van der Waals surface area contributed by atoms with Gasteiger partial charge < -0.3 is 5.32 Å². The van der Waals surface area contributed by atoms with Crippen LogP contribution in [0.2, 0.25) is 5.02 Å². The zero-order chi connectivity index (χ0) is 10.7. The highest BCUT2D eigenvalue weighted by atomic mass is 79.9. The Balaban J connectivity index is 2.86. The van der Waals surface area contributed by atoms with E-state index in [2.05, 4.69) is 51.0 Å². The lowest BCUT2D eigenvalue weighted by Gasteiger charge is -2.12. The Bertz CT molecular complexity index is 303. The molecule has 0 amide bonds. The Hall–Kier alpha value is 0.270. The maximum Gasteiger partial charge on any atom is 0.0630 e.